The van der Waals surface area contributed by atoms with Crippen molar-refractivity contribution in [1.82, 2.24) is 15.3 Å². The van der Waals surface area contributed by atoms with E-state index in [1.807, 2.05) is 91.8 Å². The molecule has 3 aromatic carbocycles. The first-order valence-electron chi connectivity index (χ1n) is 15.7. The molecule has 1 atom stereocenters. The van der Waals surface area contributed by atoms with Crippen LogP contribution in [0.3, 0.4) is 0 Å². The normalized spacial score (nSPS) is 17.2. The number of rotatable bonds is 12. The van der Waals surface area contributed by atoms with Crippen molar-refractivity contribution in [3.8, 4) is 0 Å². The second-order valence-electron chi connectivity index (χ2n) is 12.4. The number of thioether (sulfide) groups is 1. The van der Waals surface area contributed by atoms with Crippen molar-refractivity contribution in [3.63, 3.8) is 0 Å². The molecular formula is C36H42ClN5O2S. The summed E-state index contributed by atoms with van der Waals surface area (Å²) in [7, 11) is 3.99. The molecule has 4 aromatic rings. The Morgan fingerprint density at radius 3 is 2.29 bits per heavy atom. The van der Waals surface area contributed by atoms with Gasteiger partial charge in [-0.1, -0.05) is 61.8 Å². The number of para-hydroxylation sites is 1. The minimum atomic E-state index is -0.544. The molecule has 236 valence electrons. The van der Waals surface area contributed by atoms with Gasteiger partial charge in [-0.05, 0) is 79.5 Å². The number of benzene rings is 3. The van der Waals surface area contributed by atoms with Crippen LogP contribution in [0.25, 0.3) is 10.9 Å². The molecule has 1 amide bonds. The maximum absolute atomic E-state index is 13.5. The van der Waals surface area contributed by atoms with E-state index in [1.165, 1.54) is 17.3 Å². The Bertz CT molecular complexity index is 1600. The van der Waals surface area contributed by atoms with Gasteiger partial charge in [-0.25, -0.2) is 4.98 Å². The number of fused-ring (bicyclic) bond motifs is 1. The van der Waals surface area contributed by atoms with Gasteiger partial charge >= 0.3 is 0 Å². The van der Waals surface area contributed by atoms with Gasteiger partial charge in [0.25, 0.3) is 0 Å². The van der Waals surface area contributed by atoms with Crippen molar-refractivity contribution in [2.75, 3.05) is 30.9 Å². The van der Waals surface area contributed by atoms with Gasteiger partial charge in [0, 0.05) is 54.0 Å². The van der Waals surface area contributed by atoms with E-state index < -0.39 is 5.25 Å². The number of nitrogens with zero attached hydrogens (tertiary/aromatic N) is 3. The molecule has 1 unspecified atom stereocenters. The lowest BCUT2D eigenvalue weighted by Crippen LogP contribution is -2.39. The molecule has 0 aliphatic heterocycles. The summed E-state index contributed by atoms with van der Waals surface area (Å²) in [5.74, 6) is 2.18. The fraction of sp³-hybridized carbons (Fsp3) is 0.389. The molecule has 1 heterocycles. The fourth-order valence-electron chi connectivity index (χ4n) is 5.72. The third-order valence-electron chi connectivity index (χ3n) is 8.41. The zero-order chi connectivity index (χ0) is 31.9. The van der Waals surface area contributed by atoms with Crippen LogP contribution in [0.2, 0.25) is 5.02 Å². The van der Waals surface area contributed by atoms with Crippen LogP contribution in [-0.2, 0) is 4.79 Å². The summed E-state index contributed by atoms with van der Waals surface area (Å²) in [5, 5.41) is 7.87. The van der Waals surface area contributed by atoms with E-state index in [1.54, 1.807) is 0 Å². The SMILES string of the molecule is CC(C)c1ccc(C(=O)CC(Sc2ccc(Cl)cc2)C(=O)NCC2CCC(Nc3nc(N(C)C)c4ccccc4n3)CC2)cc1. The summed E-state index contributed by atoms with van der Waals surface area (Å²) in [6.07, 6.45) is 4.05. The molecule has 2 N–H and O–H groups in total. The number of halogens is 1. The van der Waals surface area contributed by atoms with Gasteiger partial charge in [-0.15, -0.1) is 11.8 Å². The average Bonchev–Trinajstić information content (AvgIpc) is 3.04. The van der Waals surface area contributed by atoms with Crippen LogP contribution in [0.4, 0.5) is 11.8 Å². The largest absolute Gasteiger partial charge is 0.362 e. The highest BCUT2D eigenvalue weighted by Crippen LogP contribution is 2.30. The maximum Gasteiger partial charge on any atom is 0.233 e. The third kappa shape index (κ3) is 8.76. The lowest BCUT2D eigenvalue weighted by atomic mass is 9.86. The average molecular weight is 644 g/mol. The molecule has 1 fully saturated rings. The molecule has 1 aliphatic carbocycles. The molecule has 9 heteroatoms. The Hall–Kier alpha value is -3.62. The summed E-state index contributed by atoms with van der Waals surface area (Å²) >= 11 is 7.50. The molecule has 0 bridgehead atoms. The first-order chi connectivity index (χ1) is 21.7. The molecule has 5 rings (SSSR count). The topological polar surface area (TPSA) is 87.2 Å². The van der Waals surface area contributed by atoms with Gasteiger partial charge < -0.3 is 15.5 Å². The molecule has 7 nitrogen and oxygen atoms in total. The number of carbonyl (C=O) groups is 2. The minimum absolute atomic E-state index is 0.0353. The zero-order valence-corrected chi connectivity index (χ0v) is 28.0. The highest BCUT2D eigenvalue weighted by atomic mass is 35.5. The van der Waals surface area contributed by atoms with Crippen molar-refractivity contribution in [2.45, 2.75) is 68.1 Å². The number of carbonyl (C=O) groups excluding carboxylic acids is 2. The highest BCUT2D eigenvalue weighted by Gasteiger charge is 2.27. The Balaban J connectivity index is 1.17. The van der Waals surface area contributed by atoms with E-state index in [2.05, 4.69) is 24.5 Å². The van der Waals surface area contributed by atoms with E-state index in [9.17, 15) is 9.59 Å². The van der Waals surface area contributed by atoms with Gasteiger partial charge in [-0.3, -0.25) is 9.59 Å². The van der Waals surface area contributed by atoms with Crippen LogP contribution in [0.5, 0.6) is 0 Å². The lowest BCUT2D eigenvalue weighted by Gasteiger charge is -2.30. The monoisotopic (exact) mass is 643 g/mol. The van der Waals surface area contributed by atoms with Crippen molar-refractivity contribution in [1.29, 1.82) is 0 Å². The quantitative estimate of drug-likeness (QED) is 0.119. The number of ketones is 1. The van der Waals surface area contributed by atoms with Crippen LogP contribution in [0.1, 0.15) is 67.8 Å². The molecule has 1 aromatic heterocycles. The highest BCUT2D eigenvalue weighted by molar-refractivity contribution is 8.00. The first-order valence-corrected chi connectivity index (χ1v) is 17.0. The van der Waals surface area contributed by atoms with E-state index in [0.29, 0.717) is 34.9 Å². The summed E-state index contributed by atoms with van der Waals surface area (Å²) in [6.45, 7) is 4.85. The van der Waals surface area contributed by atoms with E-state index in [0.717, 1.165) is 47.3 Å². The summed E-state index contributed by atoms with van der Waals surface area (Å²) in [6, 6.07) is 23.5. The van der Waals surface area contributed by atoms with Crippen molar-refractivity contribution in [2.24, 2.45) is 5.92 Å². The Morgan fingerprint density at radius 2 is 1.62 bits per heavy atom. The standard InChI is InChI=1S/C36H42ClN5O2S/c1-23(2)25-11-13-26(14-12-25)32(43)21-33(45-29-19-15-27(37)16-20-29)35(44)38-22-24-9-17-28(18-10-24)39-36-40-31-8-6-5-7-30(31)34(41-36)42(3)4/h5-8,11-16,19-20,23-24,28,33H,9-10,17-18,21-22H2,1-4H3,(H,38,44)(H,39,40,41). The van der Waals surface area contributed by atoms with Crippen molar-refractivity contribution in [3.05, 3.63) is 88.9 Å². The van der Waals surface area contributed by atoms with Crippen molar-refractivity contribution >= 4 is 57.7 Å². The second-order valence-corrected chi connectivity index (χ2v) is 14.1. The summed E-state index contributed by atoms with van der Waals surface area (Å²) < 4.78 is 0. The van der Waals surface area contributed by atoms with E-state index in [4.69, 9.17) is 21.6 Å². The van der Waals surface area contributed by atoms with Gasteiger partial charge in [0.1, 0.15) is 5.82 Å². The van der Waals surface area contributed by atoms with Crippen LogP contribution < -0.4 is 15.5 Å². The van der Waals surface area contributed by atoms with Crippen LogP contribution in [0, 0.1) is 5.92 Å². The molecule has 0 saturated heterocycles. The number of hydrogen-bond acceptors (Lipinski definition) is 7. The number of nitrogens with one attached hydrogen (secondary N) is 2. The Labute approximate surface area is 275 Å². The van der Waals surface area contributed by atoms with Gasteiger partial charge in [-0.2, -0.15) is 4.98 Å². The van der Waals surface area contributed by atoms with Crippen LogP contribution in [0.15, 0.2) is 77.7 Å². The van der Waals surface area contributed by atoms with E-state index >= 15 is 0 Å². The predicted octanol–water partition coefficient (Wildman–Crippen LogP) is 7.99. The Morgan fingerprint density at radius 1 is 0.933 bits per heavy atom. The smallest absolute Gasteiger partial charge is 0.233 e. The van der Waals surface area contributed by atoms with Gasteiger partial charge in [0.05, 0.1) is 10.8 Å². The van der Waals surface area contributed by atoms with Crippen molar-refractivity contribution < 1.29 is 9.59 Å². The van der Waals surface area contributed by atoms with Crippen LogP contribution in [-0.4, -0.2) is 53.6 Å². The maximum atomic E-state index is 13.5. The van der Waals surface area contributed by atoms with Crippen LogP contribution >= 0.6 is 23.4 Å². The van der Waals surface area contributed by atoms with E-state index in [-0.39, 0.29) is 24.2 Å². The number of amides is 1. The number of aromatic nitrogens is 2. The molecule has 1 aliphatic rings. The molecule has 45 heavy (non-hydrogen) atoms. The molecule has 0 spiro atoms. The third-order valence-corrected chi connectivity index (χ3v) is 9.87. The number of Topliss-reactive ketones (excluding diaryl/α,β-unsaturated/α-hetero) is 1. The Kier molecular flexibility index (Phi) is 11.0. The fourth-order valence-corrected chi connectivity index (χ4v) is 6.90. The minimum Gasteiger partial charge on any atom is -0.362 e. The predicted molar refractivity (Wildman–Crippen MR) is 187 cm³/mol. The second kappa shape index (κ2) is 15.1. The number of anilines is 2. The van der Waals surface area contributed by atoms with Gasteiger partial charge in [0.15, 0.2) is 5.78 Å². The lowest BCUT2D eigenvalue weighted by molar-refractivity contribution is -0.120. The molecule has 1 saturated carbocycles. The molecular weight excluding hydrogens is 602 g/mol. The number of hydrogen-bond donors (Lipinski definition) is 2. The summed E-state index contributed by atoms with van der Waals surface area (Å²) in [4.78, 5) is 39.3. The van der Waals surface area contributed by atoms with Gasteiger partial charge in [0.2, 0.25) is 11.9 Å². The molecule has 0 radical (unpaired) electrons. The zero-order valence-electron chi connectivity index (χ0n) is 26.4. The summed E-state index contributed by atoms with van der Waals surface area (Å²) in [5.41, 5.74) is 2.74. The first kappa shape index (κ1) is 32.8.